The van der Waals surface area contributed by atoms with Crippen LogP contribution in [0.2, 0.25) is 0 Å². The zero-order valence-electron chi connectivity index (χ0n) is 23.2. The standard InChI is InChI=1S/C40H25NS2/c1-2-9-26(10-3-1)27-17-20-29(21-18-27)41(30-22-24-38-34(25-30)32-13-5-6-15-36(32)42-38)35-14-8-11-28-19-23-33-31-12-4-7-16-37(31)43-40(33)39(28)35/h1-25H. The Hall–Kier alpha value is -4.96. The number of fused-ring (bicyclic) bond motifs is 8. The molecule has 0 saturated heterocycles. The molecule has 0 bridgehead atoms. The number of rotatable bonds is 4. The van der Waals surface area contributed by atoms with Crippen molar-refractivity contribution in [1.82, 2.24) is 0 Å². The van der Waals surface area contributed by atoms with Crippen molar-refractivity contribution in [2.24, 2.45) is 0 Å². The molecule has 1 nitrogen and oxygen atoms in total. The van der Waals surface area contributed by atoms with Crippen molar-refractivity contribution in [1.29, 1.82) is 0 Å². The summed E-state index contributed by atoms with van der Waals surface area (Å²) in [6.45, 7) is 0. The van der Waals surface area contributed by atoms with E-state index >= 15 is 0 Å². The monoisotopic (exact) mass is 583 g/mol. The number of hydrogen-bond donors (Lipinski definition) is 0. The summed E-state index contributed by atoms with van der Waals surface area (Å²) >= 11 is 3.76. The fraction of sp³-hybridized carbons (Fsp3) is 0. The zero-order valence-corrected chi connectivity index (χ0v) is 24.8. The van der Waals surface area contributed by atoms with Gasteiger partial charge in [-0.1, -0.05) is 103 Å². The third-order valence-corrected chi connectivity index (χ3v) is 10.8. The summed E-state index contributed by atoms with van der Waals surface area (Å²) in [7, 11) is 0. The largest absolute Gasteiger partial charge is 0.310 e. The predicted molar refractivity (Wildman–Crippen MR) is 190 cm³/mol. The normalized spacial score (nSPS) is 11.7. The maximum atomic E-state index is 2.45. The summed E-state index contributed by atoms with van der Waals surface area (Å²) < 4.78 is 5.30. The van der Waals surface area contributed by atoms with E-state index in [1.165, 1.54) is 67.9 Å². The number of thiophene rings is 2. The zero-order chi connectivity index (χ0) is 28.3. The van der Waals surface area contributed by atoms with E-state index in [-0.39, 0.29) is 0 Å². The first-order chi connectivity index (χ1) is 21.3. The molecule has 3 heteroatoms. The van der Waals surface area contributed by atoms with Crippen LogP contribution < -0.4 is 4.90 Å². The summed E-state index contributed by atoms with van der Waals surface area (Å²) in [5.41, 5.74) is 5.94. The minimum absolute atomic E-state index is 1.14. The molecule has 0 N–H and O–H groups in total. The maximum absolute atomic E-state index is 2.45. The second kappa shape index (κ2) is 9.81. The van der Waals surface area contributed by atoms with Crippen LogP contribution in [0.5, 0.6) is 0 Å². The smallest absolute Gasteiger partial charge is 0.0554 e. The molecule has 9 rings (SSSR count). The molecule has 0 atom stereocenters. The van der Waals surface area contributed by atoms with E-state index in [0.717, 1.165) is 11.4 Å². The molecule has 0 aliphatic heterocycles. The molecule has 0 amide bonds. The third-order valence-electron chi connectivity index (χ3n) is 8.46. The highest BCUT2D eigenvalue weighted by Gasteiger charge is 2.20. The Bertz CT molecular complexity index is 2450. The van der Waals surface area contributed by atoms with Crippen LogP contribution in [0.1, 0.15) is 0 Å². The van der Waals surface area contributed by atoms with Gasteiger partial charge in [-0.05, 0) is 65.0 Å². The van der Waals surface area contributed by atoms with Crippen LogP contribution in [0, 0.1) is 0 Å². The van der Waals surface area contributed by atoms with Crippen LogP contribution in [-0.4, -0.2) is 0 Å². The Morgan fingerprint density at radius 3 is 1.86 bits per heavy atom. The molecule has 2 aromatic heterocycles. The van der Waals surface area contributed by atoms with Gasteiger partial charge < -0.3 is 4.90 Å². The van der Waals surface area contributed by atoms with E-state index < -0.39 is 0 Å². The van der Waals surface area contributed by atoms with Crippen LogP contribution in [-0.2, 0) is 0 Å². The number of benzene rings is 7. The molecule has 0 unspecified atom stereocenters. The molecule has 0 spiro atoms. The van der Waals surface area contributed by atoms with Gasteiger partial charge in [0.25, 0.3) is 0 Å². The van der Waals surface area contributed by atoms with E-state index in [0.29, 0.717) is 0 Å². The fourth-order valence-corrected chi connectivity index (χ4v) is 8.79. The highest BCUT2D eigenvalue weighted by atomic mass is 32.1. The molecule has 0 aliphatic carbocycles. The van der Waals surface area contributed by atoms with Crippen LogP contribution >= 0.6 is 22.7 Å². The van der Waals surface area contributed by atoms with Gasteiger partial charge in [-0.15, -0.1) is 22.7 Å². The highest BCUT2D eigenvalue weighted by molar-refractivity contribution is 7.27. The molecule has 2 heterocycles. The van der Waals surface area contributed by atoms with E-state index in [9.17, 15) is 0 Å². The molecule has 202 valence electrons. The van der Waals surface area contributed by atoms with E-state index in [4.69, 9.17) is 0 Å². The van der Waals surface area contributed by atoms with Gasteiger partial charge in [-0.3, -0.25) is 0 Å². The second-order valence-corrected chi connectivity index (χ2v) is 13.1. The molecule has 0 aliphatic rings. The second-order valence-electron chi connectivity index (χ2n) is 10.9. The third kappa shape index (κ3) is 3.97. The SMILES string of the molecule is c1ccc(-c2ccc(N(c3ccc4sc5ccccc5c4c3)c3cccc4ccc5c6ccccc6sc5c34)cc2)cc1. The molecular formula is C40H25NS2. The Morgan fingerprint density at radius 1 is 0.395 bits per heavy atom. The lowest BCUT2D eigenvalue weighted by Gasteiger charge is -2.27. The summed E-state index contributed by atoms with van der Waals surface area (Å²) in [6, 6.07) is 55.4. The molecule has 9 aromatic rings. The first-order valence-corrected chi connectivity index (χ1v) is 16.1. The van der Waals surface area contributed by atoms with Gasteiger partial charge in [0.1, 0.15) is 0 Å². The molecule has 0 fully saturated rings. The first-order valence-electron chi connectivity index (χ1n) is 14.5. The summed E-state index contributed by atoms with van der Waals surface area (Å²) in [4.78, 5) is 2.45. The first kappa shape index (κ1) is 24.6. The number of hydrogen-bond acceptors (Lipinski definition) is 3. The van der Waals surface area contributed by atoms with Crippen molar-refractivity contribution in [3.05, 3.63) is 152 Å². The summed E-state index contributed by atoms with van der Waals surface area (Å²) in [6.07, 6.45) is 0. The lowest BCUT2D eigenvalue weighted by molar-refractivity contribution is 1.31. The minimum atomic E-state index is 1.14. The van der Waals surface area contributed by atoms with Gasteiger partial charge in [0, 0.05) is 57.1 Å². The number of nitrogens with zero attached hydrogens (tertiary/aromatic N) is 1. The van der Waals surface area contributed by atoms with Crippen molar-refractivity contribution in [3.63, 3.8) is 0 Å². The van der Waals surface area contributed by atoms with E-state index in [2.05, 4.69) is 157 Å². The molecular weight excluding hydrogens is 559 g/mol. The van der Waals surface area contributed by atoms with Gasteiger partial charge in [0.15, 0.2) is 0 Å². The van der Waals surface area contributed by atoms with Crippen molar-refractivity contribution < 1.29 is 0 Å². The quantitative estimate of drug-likeness (QED) is 0.199. The molecule has 0 radical (unpaired) electrons. The van der Waals surface area contributed by atoms with Crippen molar-refractivity contribution in [2.75, 3.05) is 4.90 Å². The topological polar surface area (TPSA) is 3.24 Å². The average Bonchev–Trinajstić information content (AvgIpc) is 3.64. The summed E-state index contributed by atoms with van der Waals surface area (Å²) in [5.74, 6) is 0. The van der Waals surface area contributed by atoms with Crippen LogP contribution in [0.4, 0.5) is 17.1 Å². The molecule has 7 aromatic carbocycles. The Morgan fingerprint density at radius 2 is 1.05 bits per heavy atom. The van der Waals surface area contributed by atoms with Gasteiger partial charge in [0.2, 0.25) is 0 Å². The van der Waals surface area contributed by atoms with Crippen LogP contribution in [0.25, 0.3) is 62.2 Å². The van der Waals surface area contributed by atoms with Gasteiger partial charge in [-0.25, -0.2) is 0 Å². The van der Waals surface area contributed by atoms with Gasteiger partial charge in [0.05, 0.1) is 5.69 Å². The highest BCUT2D eigenvalue weighted by Crippen LogP contribution is 2.47. The van der Waals surface area contributed by atoms with E-state index in [1.54, 1.807) is 0 Å². The average molecular weight is 584 g/mol. The fourth-order valence-electron chi connectivity index (χ4n) is 6.43. The van der Waals surface area contributed by atoms with Gasteiger partial charge in [-0.2, -0.15) is 0 Å². The Labute approximate surface area is 257 Å². The Balaban J connectivity index is 1.32. The van der Waals surface area contributed by atoms with E-state index in [1.807, 2.05) is 22.7 Å². The van der Waals surface area contributed by atoms with Crippen LogP contribution in [0.15, 0.2) is 152 Å². The lowest BCUT2D eigenvalue weighted by Crippen LogP contribution is -2.10. The predicted octanol–water partition coefficient (Wildman–Crippen LogP) is 12.7. The molecule has 0 saturated carbocycles. The van der Waals surface area contributed by atoms with Crippen molar-refractivity contribution >= 4 is 90.9 Å². The Kier molecular flexibility index (Phi) is 5.62. The van der Waals surface area contributed by atoms with Crippen molar-refractivity contribution in [2.45, 2.75) is 0 Å². The van der Waals surface area contributed by atoms with Crippen LogP contribution in [0.3, 0.4) is 0 Å². The maximum Gasteiger partial charge on any atom is 0.0554 e. The minimum Gasteiger partial charge on any atom is -0.310 e. The summed E-state index contributed by atoms with van der Waals surface area (Å²) in [5, 5.41) is 7.81. The molecule has 43 heavy (non-hydrogen) atoms. The lowest BCUT2D eigenvalue weighted by atomic mass is 10.0. The van der Waals surface area contributed by atoms with Gasteiger partial charge >= 0.3 is 0 Å². The van der Waals surface area contributed by atoms with Crippen molar-refractivity contribution in [3.8, 4) is 11.1 Å². The number of anilines is 3.